The van der Waals surface area contributed by atoms with Crippen molar-refractivity contribution in [3.8, 4) is 17.2 Å². The van der Waals surface area contributed by atoms with E-state index in [0.29, 0.717) is 34.5 Å². The Bertz CT molecular complexity index is 1400. The van der Waals surface area contributed by atoms with Crippen molar-refractivity contribution in [1.82, 2.24) is 0 Å². The van der Waals surface area contributed by atoms with Gasteiger partial charge in [0.25, 0.3) is 5.69 Å². The van der Waals surface area contributed by atoms with Gasteiger partial charge >= 0.3 is 5.97 Å². The minimum absolute atomic E-state index is 0.0293. The van der Waals surface area contributed by atoms with Crippen LogP contribution >= 0.6 is 7.26 Å². The van der Waals surface area contributed by atoms with Crippen LogP contribution in [0.2, 0.25) is 0 Å². The van der Waals surface area contributed by atoms with Crippen molar-refractivity contribution in [3.05, 3.63) is 118 Å². The highest BCUT2D eigenvalue weighted by Gasteiger charge is 2.47. The van der Waals surface area contributed by atoms with Crippen molar-refractivity contribution in [2.24, 2.45) is 0 Å². The topological polar surface area (TPSA) is 97.1 Å². The molecule has 0 N–H and O–H groups in total. The minimum atomic E-state index is -2.57. The van der Waals surface area contributed by atoms with E-state index in [4.69, 9.17) is 18.9 Å². The summed E-state index contributed by atoms with van der Waals surface area (Å²) in [6.45, 7) is 0. The Labute approximate surface area is 239 Å². The summed E-state index contributed by atoms with van der Waals surface area (Å²) in [4.78, 5) is 24.0. The molecule has 8 nitrogen and oxygen atoms in total. The lowest BCUT2D eigenvalue weighted by atomic mass is 10.1. The minimum Gasteiger partial charge on any atom is -0.497 e. The SMILES string of the molecule is COC(=O)/C(=C/c1ccc([N+](=O)[O-])cc1)C[P+](c1ccc(OC)cc1)(c1ccc(OC)cc1)c1ccc(OC)cc1. The van der Waals surface area contributed by atoms with E-state index in [9.17, 15) is 14.9 Å². The fourth-order valence-corrected chi connectivity index (χ4v) is 8.83. The highest BCUT2D eigenvalue weighted by molar-refractivity contribution is 7.95. The zero-order valence-electron chi connectivity index (χ0n) is 23.3. The number of nitrogens with zero attached hydrogens (tertiary/aromatic N) is 1. The molecular formula is C32H31NO7P+. The maximum atomic E-state index is 13.3. The molecule has 0 bridgehead atoms. The number of nitro benzene ring substituents is 1. The first-order valence-electron chi connectivity index (χ1n) is 12.7. The average molecular weight is 573 g/mol. The van der Waals surface area contributed by atoms with Gasteiger partial charge < -0.3 is 18.9 Å². The summed E-state index contributed by atoms with van der Waals surface area (Å²) >= 11 is 0. The molecule has 0 aliphatic heterocycles. The maximum Gasteiger partial charge on any atom is 0.337 e. The molecule has 0 radical (unpaired) electrons. The molecule has 0 aliphatic carbocycles. The molecule has 41 heavy (non-hydrogen) atoms. The molecule has 4 aromatic rings. The van der Waals surface area contributed by atoms with Gasteiger partial charge in [-0.3, -0.25) is 10.1 Å². The van der Waals surface area contributed by atoms with Crippen LogP contribution in [0.15, 0.2) is 103 Å². The Balaban J connectivity index is 1.99. The first-order valence-corrected chi connectivity index (χ1v) is 14.7. The molecule has 0 saturated heterocycles. The van der Waals surface area contributed by atoms with E-state index in [0.717, 1.165) is 15.9 Å². The summed E-state index contributed by atoms with van der Waals surface area (Å²) in [5.41, 5.74) is 1.05. The second kappa shape index (κ2) is 13.1. The van der Waals surface area contributed by atoms with E-state index in [2.05, 4.69) is 0 Å². The Kier molecular flexibility index (Phi) is 9.37. The van der Waals surface area contributed by atoms with E-state index in [-0.39, 0.29) is 5.69 Å². The third kappa shape index (κ3) is 6.39. The summed E-state index contributed by atoms with van der Waals surface area (Å²) in [6, 6.07) is 29.7. The molecule has 0 saturated carbocycles. The van der Waals surface area contributed by atoms with Crippen molar-refractivity contribution in [1.29, 1.82) is 0 Å². The second-order valence-electron chi connectivity index (χ2n) is 9.07. The highest BCUT2D eigenvalue weighted by Crippen LogP contribution is 2.57. The van der Waals surface area contributed by atoms with Crippen LogP contribution in [-0.2, 0) is 9.53 Å². The van der Waals surface area contributed by atoms with Crippen molar-refractivity contribution < 1.29 is 28.7 Å². The molecule has 0 amide bonds. The summed E-state index contributed by atoms with van der Waals surface area (Å²) in [7, 11) is 3.63. The van der Waals surface area contributed by atoms with E-state index in [1.54, 1.807) is 39.5 Å². The number of ether oxygens (including phenoxy) is 4. The van der Waals surface area contributed by atoms with Crippen LogP contribution in [0.25, 0.3) is 6.08 Å². The number of nitro groups is 1. The summed E-state index contributed by atoms with van der Waals surface area (Å²) in [5.74, 6) is 1.66. The van der Waals surface area contributed by atoms with Crippen LogP contribution in [0.1, 0.15) is 5.56 Å². The van der Waals surface area contributed by atoms with Gasteiger partial charge in [-0.05, 0) is 96.6 Å². The van der Waals surface area contributed by atoms with Gasteiger partial charge in [-0.25, -0.2) is 4.79 Å². The number of benzene rings is 4. The molecule has 0 spiro atoms. The lowest BCUT2D eigenvalue weighted by Crippen LogP contribution is -2.35. The summed E-state index contributed by atoms with van der Waals surface area (Å²) < 4.78 is 21.6. The first-order chi connectivity index (χ1) is 19.8. The molecule has 0 fully saturated rings. The molecule has 0 heterocycles. The number of non-ortho nitro benzene ring substituents is 1. The van der Waals surface area contributed by atoms with Crippen molar-refractivity contribution >= 4 is 40.9 Å². The average Bonchev–Trinajstić information content (AvgIpc) is 3.03. The Morgan fingerprint density at radius 2 is 1.07 bits per heavy atom. The fraction of sp³-hybridized carbons (Fsp3) is 0.156. The van der Waals surface area contributed by atoms with Crippen LogP contribution in [0.4, 0.5) is 5.69 Å². The monoisotopic (exact) mass is 572 g/mol. The first kappa shape index (κ1) is 29.3. The quantitative estimate of drug-likeness (QED) is 0.0804. The highest BCUT2D eigenvalue weighted by atomic mass is 31.2. The van der Waals surface area contributed by atoms with Crippen molar-refractivity contribution in [2.45, 2.75) is 0 Å². The smallest absolute Gasteiger partial charge is 0.337 e. The Hall–Kier alpha value is -4.68. The molecule has 4 rings (SSSR count). The van der Waals surface area contributed by atoms with Gasteiger partial charge in [-0.1, -0.05) is 0 Å². The number of methoxy groups -OCH3 is 4. The lowest BCUT2D eigenvalue weighted by molar-refractivity contribution is -0.384. The maximum absolute atomic E-state index is 13.3. The molecule has 0 aromatic heterocycles. The zero-order chi connectivity index (χ0) is 29.4. The number of rotatable bonds is 11. The van der Waals surface area contributed by atoms with E-state index in [1.165, 1.54) is 19.2 Å². The van der Waals surface area contributed by atoms with E-state index >= 15 is 0 Å². The van der Waals surface area contributed by atoms with E-state index < -0.39 is 18.2 Å². The molecular weight excluding hydrogens is 541 g/mol. The number of carbonyl (C=O) groups excluding carboxylic acids is 1. The zero-order valence-corrected chi connectivity index (χ0v) is 24.2. The van der Waals surface area contributed by atoms with Crippen LogP contribution in [-0.4, -0.2) is 45.5 Å². The van der Waals surface area contributed by atoms with Gasteiger partial charge in [0.1, 0.15) is 46.6 Å². The lowest BCUT2D eigenvalue weighted by Gasteiger charge is -2.28. The fourth-order valence-electron chi connectivity index (χ4n) is 4.68. The van der Waals surface area contributed by atoms with E-state index in [1.807, 2.05) is 72.8 Å². The van der Waals surface area contributed by atoms with Gasteiger partial charge in [0.15, 0.2) is 0 Å². The normalized spacial score (nSPS) is 11.5. The predicted octanol–water partition coefficient (Wildman–Crippen LogP) is 5.17. The largest absolute Gasteiger partial charge is 0.497 e. The molecule has 0 atom stereocenters. The second-order valence-corrected chi connectivity index (χ2v) is 12.6. The number of hydrogen-bond donors (Lipinski definition) is 0. The van der Waals surface area contributed by atoms with Gasteiger partial charge in [0.05, 0.1) is 38.9 Å². The third-order valence-electron chi connectivity index (χ3n) is 6.84. The van der Waals surface area contributed by atoms with Crippen LogP contribution < -0.4 is 30.1 Å². The van der Waals surface area contributed by atoms with Crippen LogP contribution in [0.3, 0.4) is 0 Å². The summed E-state index contributed by atoms with van der Waals surface area (Å²) in [5, 5.41) is 14.2. The number of hydrogen-bond acceptors (Lipinski definition) is 7. The molecule has 210 valence electrons. The van der Waals surface area contributed by atoms with Crippen molar-refractivity contribution in [2.75, 3.05) is 34.6 Å². The van der Waals surface area contributed by atoms with Gasteiger partial charge in [0, 0.05) is 12.1 Å². The van der Waals surface area contributed by atoms with Gasteiger partial charge in [-0.2, -0.15) is 0 Å². The predicted molar refractivity (Wildman–Crippen MR) is 163 cm³/mol. The van der Waals surface area contributed by atoms with Crippen LogP contribution in [0, 0.1) is 10.1 Å². The molecule has 0 aliphatic rings. The molecule has 4 aromatic carbocycles. The molecule has 9 heteroatoms. The standard InChI is InChI=1S/C32H31NO7P/c1-37-26-9-15-29(16-10-26)41(30-17-11-27(38-2)12-18-30,31-19-13-28(39-3)14-20-31)22-24(32(34)40-4)21-23-5-7-25(8-6-23)33(35)36/h5-21H,22H2,1-4H3/q+1/b24-21+. The van der Waals surface area contributed by atoms with Gasteiger partial charge in [-0.15, -0.1) is 0 Å². The Morgan fingerprint density at radius 1 is 0.683 bits per heavy atom. The Morgan fingerprint density at radius 3 is 1.39 bits per heavy atom. The van der Waals surface area contributed by atoms with Crippen LogP contribution in [0.5, 0.6) is 17.2 Å². The van der Waals surface area contributed by atoms with Crippen molar-refractivity contribution in [3.63, 3.8) is 0 Å². The molecule has 0 unspecified atom stereocenters. The number of carbonyl (C=O) groups is 1. The van der Waals surface area contributed by atoms with Gasteiger partial charge in [0.2, 0.25) is 0 Å². The summed E-state index contributed by atoms with van der Waals surface area (Å²) in [6.07, 6.45) is 2.06. The third-order valence-corrected chi connectivity index (χ3v) is 11.2. The number of esters is 1.